The fourth-order valence-electron chi connectivity index (χ4n) is 5.21. The van der Waals surface area contributed by atoms with Crippen molar-refractivity contribution >= 4 is 11.8 Å². The molecule has 7 heteroatoms. The van der Waals surface area contributed by atoms with E-state index in [2.05, 4.69) is 22.3 Å². The molecular formula is C22H31N3O4. The second kappa shape index (κ2) is 8.71. The van der Waals surface area contributed by atoms with E-state index in [9.17, 15) is 9.59 Å². The van der Waals surface area contributed by atoms with Crippen LogP contribution in [0.15, 0.2) is 24.3 Å². The van der Waals surface area contributed by atoms with Crippen LogP contribution in [-0.4, -0.2) is 74.2 Å². The van der Waals surface area contributed by atoms with Crippen LogP contribution in [0.4, 0.5) is 0 Å². The predicted molar refractivity (Wildman–Crippen MR) is 109 cm³/mol. The van der Waals surface area contributed by atoms with Gasteiger partial charge < -0.3 is 19.7 Å². The molecule has 0 spiro atoms. The van der Waals surface area contributed by atoms with Gasteiger partial charge in [-0.3, -0.25) is 14.5 Å². The van der Waals surface area contributed by atoms with Gasteiger partial charge in [0.1, 0.15) is 5.75 Å². The summed E-state index contributed by atoms with van der Waals surface area (Å²) in [7, 11) is 1.66. The van der Waals surface area contributed by atoms with E-state index in [1.54, 1.807) is 7.11 Å². The summed E-state index contributed by atoms with van der Waals surface area (Å²) < 4.78 is 10.8. The molecule has 1 N–H and O–H groups in total. The molecule has 158 valence electrons. The Hall–Kier alpha value is -2.12. The van der Waals surface area contributed by atoms with Crippen LogP contribution in [0.25, 0.3) is 0 Å². The van der Waals surface area contributed by atoms with Crippen LogP contribution in [0, 0.1) is 11.8 Å². The fraction of sp³-hybridized carbons (Fsp3) is 0.636. The minimum absolute atomic E-state index is 0.00645. The monoisotopic (exact) mass is 401 g/mol. The summed E-state index contributed by atoms with van der Waals surface area (Å²) in [6.45, 7) is 5.99. The maximum absolute atomic E-state index is 12.9. The molecule has 0 aromatic heterocycles. The highest BCUT2D eigenvalue weighted by Crippen LogP contribution is 2.46. The van der Waals surface area contributed by atoms with Gasteiger partial charge in [0.25, 0.3) is 0 Å². The molecule has 0 bridgehead atoms. The third kappa shape index (κ3) is 4.26. The van der Waals surface area contributed by atoms with Crippen LogP contribution in [0.3, 0.4) is 0 Å². The van der Waals surface area contributed by atoms with Crippen LogP contribution in [0.2, 0.25) is 0 Å². The van der Waals surface area contributed by atoms with E-state index in [4.69, 9.17) is 9.47 Å². The number of hydrogen-bond acceptors (Lipinski definition) is 5. The van der Waals surface area contributed by atoms with Crippen molar-refractivity contribution in [1.29, 1.82) is 0 Å². The lowest BCUT2D eigenvalue weighted by atomic mass is 9.89. The van der Waals surface area contributed by atoms with Gasteiger partial charge >= 0.3 is 0 Å². The molecule has 3 fully saturated rings. The van der Waals surface area contributed by atoms with Crippen LogP contribution in [0.5, 0.6) is 5.75 Å². The molecule has 2 amide bonds. The first-order chi connectivity index (χ1) is 14.1. The number of rotatable bonds is 5. The molecule has 0 radical (unpaired) electrons. The molecule has 3 aliphatic rings. The normalized spacial score (nSPS) is 27.7. The molecule has 1 aromatic rings. The maximum Gasteiger partial charge on any atom is 0.242 e. The minimum atomic E-state index is -0.176. The highest BCUT2D eigenvalue weighted by molar-refractivity contribution is 5.84. The lowest BCUT2D eigenvalue weighted by molar-refractivity contribution is -0.133. The molecule has 0 aliphatic carbocycles. The minimum Gasteiger partial charge on any atom is -0.497 e. The van der Waals surface area contributed by atoms with Crippen molar-refractivity contribution in [1.82, 2.24) is 15.1 Å². The topological polar surface area (TPSA) is 71.1 Å². The van der Waals surface area contributed by atoms with Crippen LogP contribution < -0.4 is 10.1 Å². The number of likely N-dealkylation sites (tertiary alicyclic amines) is 2. The summed E-state index contributed by atoms with van der Waals surface area (Å²) in [5.74, 6) is 1.51. The summed E-state index contributed by atoms with van der Waals surface area (Å²) >= 11 is 0. The van der Waals surface area contributed by atoms with Crippen molar-refractivity contribution in [2.45, 2.75) is 31.8 Å². The average molecular weight is 402 g/mol. The van der Waals surface area contributed by atoms with Crippen molar-refractivity contribution in [2.75, 3.05) is 46.5 Å². The first kappa shape index (κ1) is 20.2. The molecule has 3 heterocycles. The zero-order valence-electron chi connectivity index (χ0n) is 17.3. The fourth-order valence-corrected chi connectivity index (χ4v) is 5.21. The summed E-state index contributed by atoms with van der Waals surface area (Å²) in [6, 6.07) is 8.70. The van der Waals surface area contributed by atoms with E-state index in [1.165, 1.54) is 6.92 Å². The quantitative estimate of drug-likeness (QED) is 0.809. The largest absolute Gasteiger partial charge is 0.497 e. The second-order valence-corrected chi connectivity index (χ2v) is 8.40. The Bertz CT molecular complexity index is 732. The number of ether oxygens (including phenoxy) is 2. The average Bonchev–Trinajstić information content (AvgIpc) is 3.31. The number of amides is 2. The molecule has 1 aromatic carbocycles. The van der Waals surface area contributed by atoms with Gasteiger partial charge in [0, 0.05) is 51.7 Å². The van der Waals surface area contributed by atoms with Crippen molar-refractivity contribution in [2.24, 2.45) is 11.8 Å². The van der Waals surface area contributed by atoms with Gasteiger partial charge in [-0.25, -0.2) is 0 Å². The number of fused-ring (bicyclic) bond motifs is 1. The third-order valence-corrected chi connectivity index (χ3v) is 6.67. The highest BCUT2D eigenvalue weighted by Gasteiger charge is 2.50. The number of carbonyl (C=O) groups excluding carboxylic acids is 2. The summed E-state index contributed by atoms with van der Waals surface area (Å²) in [5, 5.41) is 2.66. The molecule has 3 atom stereocenters. The standard InChI is InChI=1S/C22H31N3O4/c1-15(26)23-11-21(27)25-13-17-12-24(18-7-9-29-10-8-18)14-20(17)22(25)16-3-5-19(28-2)6-4-16/h3-6,17-18,20,22H,7-14H2,1-2H3,(H,23,26)/t17-,20-,22-/m0/s1. The van der Waals surface area contributed by atoms with E-state index >= 15 is 0 Å². The lowest BCUT2D eigenvalue weighted by Gasteiger charge is -2.34. The molecule has 0 saturated carbocycles. The molecule has 3 aliphatic heterocycles. The van der Waals surface area contributed by atoms with Crippen LogP contribution in [-0.2, 0) is 14.3 Å². The Morgan fingerprint density at radius 3 is 2.52 bits per heavy atom. The molecule has 0 unspecified atom stereocenters. The zero-order valence-corrected chi connectivity index (χ0v) is 17.3. The van der Waals surface area contributed by atoms with Gasteiger partial charge in [0.05, 0.1) is 19.7 Å². The van der Waals surface area contributed by atoms with E-state index < -0.39 is 0 Å². The van der Waals surface area contributed by atoms with Crippen molar-refractivity contribution in [3.05, 3.63) is 29.8 Å². The third-order valence-electron chi connectivity index (χ3n) is 6.67. The first-order valence-electron chi connectivity index (χ1n) is 10.6. The molecule has 29 heavy (non-hydrogen) atoms. The van der Waals surface area contributed by atoms with Gasteiger partial charge in [-0.15, -0.1) is 0 Å². The van der Waals surface area contributed by atoms with E-state index in [0.29, 0.717) is 17.9 Å². The van der Waals surface area contributed by atoms with Gasteiger partial charge in [-0.1, -0.05) is 12.1 Å². The predicted octanol–water partition coefficient (Wildman–Crippen LogP) is 1.44. The Kier molecular flexibility index (Phi) is 6.06. The number of hydrogen-bond donors (Lipinski definition) is 1. The number of nitrogens with one attached hydrogen (secondary N) is 1. The Morgan fingerprint density at radius 2 is 1.86 bits per heavy atom. The maximum atomic E-state index is 12.9. The lowest BCUT2D eigenvalue weighted by Crippen LogP contribution is -2.43. The Morgan fingerprint density at radius 1 is 1.14 bits per heavy atom. The van der Waals surface area contributed by atoms with E-state index in [1.807, 2.05) is 17.0 Å². The molecule has 7 nitrogen and oxygen atoms in total. The second-order valence-electron chi connectivity index (χ2n) is 8.40. The summed E-state index contributed by atoms with van der Waals surface area (Å²) in [5.41, 5.74) is 1.14. The number of benzene rings is 1. The first-order valence-corrected chi connectivity index (χ1v) is 10.6. The summed E-state index contributed by atoms with van der Waals surface area (Å²) in [6.07, 6.45) is 2.19. The van der Waals surface area contributed by atoms with Crippen LogP contribution >= 0.6 is 0 Å². The van der Waals surface area contributed by atoms with Crippen molar-refractivity contribution in [3.8, 4) is 5.75 Å². The van der Waals surface area contributed by atoms with Crippen molar-refractivity contribution in [3.63, 3.8) is 0 Å². The van der Waals surface area contributed by atoms with Crippen LogP contribution in [0.1, 0.15) is 31.4 Å². The molecular weight excluding hydrogens is 370 g/mol. The molecule has 4 rings (SSSR count). The number of methoxy groups -OCH3 is 1. The van der Waals surface area contributed by atoms with Gasteiger partial charge in [0.2, 0.25) is 11.8 Å². The molecule has 3 saturated heterocycles. The Labute approximate surface area is 172 Å². The SMILES string of the molecule is COc1ccc([C@H]2[C@H]3CN(C4CCOCC4)C[C@H]3CN2C(=O)CNC(C)=O)cc1. The number of carbonyl (C=O) groups is 2. The van der Waals surface area contributed by atoms with Gasteiger partial charge in [-0.05, 0) is 36.5 Å². The smallest absolute Gasteiger partial charge is 0.242 e. The van der Waals surface area contributed by atoms with Crippen molar-refractivity contribution < 1.29 is 19.1 Å². The van der Waals surface area contributed by atoms with E-state index in [-0.39, 0.29) is 24.4 Å². The van der Waals surface area contributed by atoms with E-state index in [0.717, 1.165) is 57.0 Å². The Balaban J connectivity index is 1.54. The van der Waals surface area contributed by atoms with Gasteiger partial charge in [-0.2, -0.15) is 0 Å². The highest BCUT2D eigenvalue weighted by atomic mass is 16.5. The zero-order chi connectivity index (χ0) is 20.4. The number of nitrogens with zero attached hydrogens (tertiary/aromatic N) is 2. The van der Waals surface area contributed by atoms with Gasteiger partial charge in [0.15, 0.2) is 0 Å². The summed E-state index contributed by atoms with van der Waals surface area (Å²) in [4.78, 5) is 28.8.